The maximum Gasteiger partial charge on any atom is 0.457 e. The molecule has 0 saturated carbocycles. The van der Waals surface area contributed by atoms with E-state index in [2.05, 4.69) is 6.58 Å². The van der Waals surface area contributed by atoms with E-state index < -0.39 is 41.9 Å². The lowest BCUT2D eigenvalue weighted by Crippen LogP contribution is -2.62. The van der Waals surface area contributed by atoms with Gasteiger partial charge in [-0.2, -0.15) is 35.1 Å². The Kier molecular flexibility index (Phi) is 4.26. The predicted molar refractivity (Wildman–Crippen MR) is 42.3 cm³/mol. The van der Waals surface area contributed by atoms with Crippen LogP contribution in [0.2, 0.25) is 0 Å². The number of carboxylic acid groups (broad SMARTS) is 1. The number of carbonyl (C=O) groups is 1. The Morgan fingerprint density at radius 3 is 1.47 bits per heavy atom. The van der Waals surface area contributed by atoms with Crippen LogP contribution >= 0.6 is 0 Å². The summed E-state index contributed by atoms with van der Waals surface area (Å²) in [7, 11) is 0. The largest absolute Gasteiger partial charge is 0.478 e. The zero-order valence-electron chi connectivity index (χ0n) is 8.67. The van der Waals surface area contributed by atoms with Gasteiger partial charge in [0.25, 0.3) is 5.67 Å². The molecule has 1 N–H and O–H groups in total. The van der Waals surface area contributed by atoms with Gasteiger partial charge in [-0.1, -0.05) is 6.58 Å². The second-order valence-corrected chi connectivity index (χ2v) is 3.46. The van der Waals surface area contributed by atoms with Crippen LogP contribution in [0.5, 0.6) is 0 Å². The predicted octanol–water partition coefficient (Wildman–Crippen LogP) is 3.49. The van der Waals surface area contributed by atoms with E-state index >= 15 is 0 Å². The van der Waals surface area contributed by atoms with Gasteiger partial charge in [-0.25, -0.2) is 9.18 Å². The van der Waals surface area contributed by atoms with Crippen LogP contribution in [-0.4, -0.2) is 35.0 Å². The van der Waals surface area contributed by atoms with Crippen molar-refractivity contribution in [1.29, 1.82) is 0 Å². The molecular formula is C8H5F9O2. The molecule has 0 rings (SSSR count). The smallest absolute Gasteiger partial charge is 0.457 e. The monoisotopic (exact) mass is 304 g/mol. The molecule has 0 saturated heterocycles. The van der Waals surface area contributed by atoms with Crippen LogP contribution in [0, 0.1) is 0 Å². The summed E-state index contributed by atoms with van der Waals surface area (Å²) < 4.78 is 111. The van der Waals surface area contributed by atoms with Crippen molar-refractivity contribution in [2.75, 3.05) is 0 Å². The molecule has 0 aliphatic heterocycles. The molecule has 0 aromatic heterocycles. The minimum Gasteiger partial charge on any atom is -0.478 e. The first-order chi connectivity index (χ1) is 8.08. The summed E-state index contributed by atoms with van der Waals surface area (Å²) in [4.78, 5) is 10.1. The van der Waals surface area contributed by atoms with Gasteiger partial charge in [-0.15, -0.1) is 0 Å². The normalized spacial score (nSPS) is 16.9. The molecule has 0 aromatic carbocycles. The molecule has 11 heteroatoms. The molecule has 2 nitrogen and oxygen atoms in total. The van der Waals surface area contributed by atoms with E-state index in [-0.39, 0.29) is 0 Å². The van der Waals surface area contributed by atoms with Crippen molar-refractivity contribution in [3.05, 3.63) is 12.2 Å². The van der Waals surface area contributed by atoms with Crippen molar-refractivity contribution < 1.29 is 49.4 Å². The summed E-state index contributed by atoms with van der Waals surface area (Å²) in [5.41, 5.74) is -7.89. The van der Waals surface area contributed by atoms with E-state index in [0.717, 1.165) is 0 Å². The van der Waals surface area contributed by atoms with Crippen LogP contribution in [0.1, 0.15) is 6.42 Å². The number of halogens is 9. The fraction of sp³-hybridized carbons (Fsp3) is 0.625. The molecule has 0 aliphatic rings. The second kappa shape index (κ2) is 4.60. The molecule has 112 valence electrons. The lowest BCUT2D eigenvalue weighted by molar-refractivity contribution is -0.382. The number of hydrogen-bond acceptors (Lipinski definition) is 1. The van der Waals surface area contributed by atoms with E-state index in [9.17, 15) is 44.3 Å². The first kappa shape index (κ1) is 17.6. The average molecular weight is 304 g/mol. The SMILES string of the molecule is C=C(CC(F)(C(F)(F)F)C(F)(F)C(F)(F)F)C(=O)O. The van der Waals surface area contributed by atoms with E-state index in [1.54, 1.807) is 0 Å². The van der Waals surface area contributed by atoms with Gasteiger partial charge in [-0.05, 0) is 0 Å². The summed E-state index contributed by atoms with van der Waals surface area (Å²) in [5.74, 6) is -9.15. The standard InChI is InChI=1S/C8H5F9O2/c1-3(4(18)19)2-5(9,7(12,13)14)6(10,11)8(15,16)17/h1-2H2,(H,18,19). The third kappa shape index (κ3) is 2.95. The molecule has 0 amide bonds. The van der Waals surface area contributed by atoms with Gasteiger partial charge >= 0.3 is 24.2 Å². The third-order valence-electron chi connectivity index (χ3n) is 2.06. The van der Waals surface area contributed by atoms with Crippen molar-refractivity contribution in [3.63, 3.8) is 0 Å². The molecular weight excluding hydrogens is 299 g/mol. The van der Waals surface area contributed by atoms with Crippen molar-refractivity contribution in [2.45, 2.75) is 30.4 Å². The van der Waals surface area contributed by atoms with Crippen LogP contribution in [0.25, 0.3) is 0 Å². The maximum absolute atomic E-state index is 13.3. The van der Waals surface area contributed by atoms with Crippen molar-refractivity contribution in [1.82, 2.24) is 0 Å². The average Bonchev–Trinajstić information content (AvgIpc) is 2.13. The van der Waals surface area contributed by atoms with Crippen LogP contribution in [0.4, 0.5) is 39.5 Å². The number of carboxylic acids is 1. The minimum atomic E-state index is -6.85. The van der Waals surface area contributed by atoms with Gasteiger partial charge in [0.05, 0.1) is 0 Å². The number of aliphatic carboxylic acids is 1. The fourth-order valence-corrected chi connectivity index (χ4v) is 0.984. The Labute approximate surface area is 99.0 Å². The summed E-state index contributed by atoms with van der Waals surface area (Å²) in [6, 6.07) is 0. The van der Waals surface area contributed by atoms with Gasteiger partial charge in [0.1, 0.15) is 0 Å². The topological polar surface area (TPSA) is 37.3 Å². The Bertz CT molecular complexity index is 381. The maximum atomic E-state index is 13.3. The Morgan fingerprint density at radius 1 is 0.895 bits per heavy atom. The van der Waals surface area contributed by atoms with E-state index in [1.165, 1.54) is 0 Å². The molecule has 19 heavy (non-hydrogen) atoms. The van der Waals surface area contributed by atoms with Gasteiger partial charge < -0.3 is 5.11 Å². The van der Waals surface area contributed by atoms with Crippen LogP contribution in [0.3, 0.4) is 0 Å². The number of alkyl halides is 9. The quantitative estimate of drug-likeness (QED) is 0.638. The highest BCUT2D eigenvalue weighted by molar-refractivity contribution is 5.86. The molecule has 0 heterocycles. The lowest BCUT2D eigenvalue weighted by atomic mass is 9.89. The number of rotatable bonds is 4. The minimum absolute atomic E-state index is 1.77. The van der Waals surface area contributed by atoms with Crippen molar-refractivity contribution in [3.8, 4) is 0 Å². The molecule has 1 atom stereocenters. The summed E-state index contributed by atoms with van der Waals surface area (Å²) in [6.45, 7) is 2.31. The summed E-state index contributed by atoms with van der Waals surface area (Å²) >= 11 is 0. The molecule has 0 fully saturated rings. The molecule has 0 bridgehead atoms. The number of hydrogen-bond donors (Lipinski definition) is 1. The lowest BCUT2D eigenvalue weighted by Gasteiger charge is -2.35. The zero-order valence-corrected chi connectivity index (χ0v) is 8.67. The molecule has 0 spiro atoms. The Hall–Kier alpha value is -1.42. The second-order valence-electron chi connectivity index (χ2n) is 3.46. The highest BCUT2D eigenvalue weighted by Crippen LogP contribution is 2.55. The third-order valence-corrected chi connectivity index (χ3v) is 2.06. The van der Waals surface area contributed by atoms with E-state index in [4.69, 9.17) is 5.11 Å². The van der Waals surface area contributed by atoms with Crippen molar-refractivity contribution in [2.24, 2.45) is 0 Å². The fourth-order valence-electron chi connectivity index (χ4n) is 0.984. The van der Waals surface area contributed by atoms with Crippen LogP contribution < -0.4 is 0 Å². The first-order valence-corrected chi connectivity index (χ1v) is 4.19. The van der Waals surface area contributed by atoms with Crippen LogP contribution in [-0.2, 0) is 4.79 Å². The summed E-state index contributed by atoms with van der Waals surface area (Å²) in [5, 5.41) is 8.12. The summed E-state index contributed by atoms with van der Waals surface area (Å²) in [6.07, 6.45) is -16.3. The molecule has 1 unspecified atom stereocenters. The zero-order chi connectivity index (χ0) is 15.9. The first-order valence-electron chi connectivity index (χ1n) is 4.19. The van der Waals surface area contributed by atoms with E-state index in [1.807, 2.05) is 0 Å². The Balaban J connectivity index is 5.84. The molecule has 0 aromatic rings. The highest BCUT2D eigenvalue weighted by Gasteiger charge is 2.80. The Morgan fingerprint density at radius 2 is 1.26 bits per heavy atom. The van der Waals surface area contributed by atoms with Crippen LogP contribution in [0.15, 0.2) is 12.2 Å². The molecule has 0 radical (unpaired) electrons. The van der Waals surface area contributed by atoms with Gasteiger partial charge in [0.15, 0.2) is 0 Å². The van der Waals surface area contributed by atoms with Gasteiger partial charge in [-0.3, -0.25) is 0 Å². The van der Waals surface area contributed by atoms with Gasteiger partial charge in [0.2, 0.25) is 0 Å². The van der Waals surface area contributed by atoms with Crippen molar-refractivity contribution >= 4 is 5.97 Å². The molecule has 0 aliphatic carbocycles. The van der Waals surface area contributed by atoms with E-state index in [0.29, 0.717) is 0 Å². The highest BCUT2D eigenvalue weighted by atomic mass is 19.4. The van der Waals surface area contributed by atoms with Gasteiger partial charge in [0, 0.05) is 12.0 Å².